The van der Waals surface area contributed by atoms with Gasteiger partial charge in [-0.25, -0.2) is 4.79 Å². The molecule has 102 valence electrons. The highest BCUT2D eigenvalue weighted by Crippen LogP contribution is 2.27. The molecule has 0 aromatic carbocycles. The Morgan fingerprint density at radius 2 is 2.26 bits per heavy atom. The third-order valence-electron chi connectivity index (χ3n) is 2.73. The van der Waals surface area contributed by atoms with Crippen molar-refractivity contribution < 1.29 is 19.6 Å². The van der Waals surface area contributed by atoms with Crippen molar-refractivity contribution in [2.75, 3.05) is 6.54 Å². The lowest BCUT2D eigenvalue weighted by atomic mass is 10.4. The zero-order chi connectivity index (χ0) is 14.0. The lowest BCUT2D eigenvalue weighted by Crippen LogP contribution is -2.29. The maximum Gasteiger partial charge on any atom is 0.363 e. The number of aromatic carboxylic acids is 1. The van der Waals surface area contributed by atoms with Gasteiger partial charge in [0.25, 0.3) is 0 Å². The molecular formula is C10H12N4O5. The number of carbonyl (C=O) groups excluding carboxylic acids is 1. The zero-order valence-corrected chi connectivity index (χ0v) is 9.90. The van der Waals surface area contributed by atoms with Crippen molar-refractivity contribution in [3.05, 3.63) is 22.0 Å². The molecule has 2 rings (SSSR count). The molecule has 9 heteroatoms. The molecule has 0 aliphatic heterocycles. The van der Waals surface area contributed by atoms with Crippen LogP contribution in [0.25, 0.3) is 0 Å². The van der Waals surface area contributed by atoms with E-state index < -0.39 is 22.3 Å². The van der Waals surface area contributed by atoms with E-state index in [0.717, 1.165) is 23.7 Å². The number of hydrogen-bond donors (Lipinski definition) is 2. The van der Waals surface area contributed by atoms with Crippen LogP contribution >= 0.6 is 0 Å². The largest absolute Gasteiger partial charge is 0.476 e. The Hall–Kier alpha value is -2.45. The number of carboxylic acids is 1. The Morgan fingerprint density at radius 1 is 1.58 bits per heavy atom. The molecular weight excluding hydrogens is 256 g/mol. The fraction of sp³-hybridized carbons (Fsp3) is 0.500. The monoisotopic (exact) mass is 268 g/mol. The molecule has 1 aromatic heterocycles. The van der Waals surface area contributed by atoms with Gasteiger partial charge in [0.05, 0.1) is 4.92 Å². The Bertz CT molecular complexity index is 503. The molecule has 19 heavy (non-hydrogen) atoms. The summed E-state index contributed by atoms with van der Waals surface area (Å²) in [5, 5.41) is 25.6. The van der Waals surface area contributed by atoms with Crippen LogP contribution in [-0.2, 0) is 11.3 Å². The van der Waals surface area contributed by atoms with Gasteiger partial charge in [0.15, 0.2) is 0 Å². The van der Waals surface area contributed by atoms with Gasteiger partial charge in [-0.3, -0.25) is 19.6 Å². The molecule has 0 radical (unpaired) electrons. The van der Waals surface area contributed by atoms with E-state index in [0.29, 0.717) is 12.5 Å². The van der Waals surface area contributed by atoms with Crippen LogP contribution in [0.15, 0.2) is 6.20 Å². The second-order valence-corrected chi connectivity index (χ2v) is 4.37. The summed E-state index contributed by atoms with van der Waals surface area (Å²) in [7, 11) is 0. The number of rotatable bonds is 6. The first-order valence-electron chi connectivity index (χ1n) is 5.69. The first-order valence-corrected chi connectivity index (χ1v) is 5.69. The van der Waals surface area contributed by atoms with Gasteiger partial charge in [-0.05, 0) is 18.8 Å². The maximum absolute atomic E-state index is 11.5. The van der Waals surface area contributed by atoms with Gasteiger partial charge in [0.1, 0.15) is 12.7 Å². The summed E-state index contributed by atoms with van der Waals surface area (Å²) in [6.07, 6.45) is 3.13. The second kappa shape index (κ2) is 5.04. The van der Waals surface area contributed by atoms with Crippen molar-refractivity contribution in [2.45, 2.75) is 19.4 Å². The number of amides is 1. The van der Waals surface area contributed by atoms with Crippen molar-refractivity contribution in [1.82, 2.24) is 15.1 Å². The molecule has 0 atom stereocenters. The van der Waals surface area contributed by atoms with Crippen molar-refractivity contribution >= 4 is 17.6 Å². The minimum Gasteiger partial charge on any atom is -0.476 e. The first-order chi connectivity index (χ1) is 8.97. The van der Waals surface area contributed by atoms with Gasteiger partial charge < -0.3 is 10.4 Å². The molecule has 0 spiro atoms. The fourth-order valence-electron chi connectivity index (χ4n) is 1.56. The molecule has 9 nitrogen and oxygen atoms in total. The molecule has 1 saturated carbocycles. The van der Waals surface area contributed by atoms with Crippen LogP contribution in [0.4, 0.5) is 5.69 Å². The topological polar surface area (TPSA) is 127 Å². The predicted octanol–water partition coefficient (Wildman–Crippen LogP) is 0.0157. The van der Waals surface area contributed by atoms with Gasteiger partial charge >= 0.3 is 11.7 Å². The van der Waals surface area contributed by atoms with Crippen LogP contribution < -0.4 is 5.32 Å². The zero-order valence-electron chi connectivity index (χ0n) is 9.90. The highest BCUT2D eigenvalue weighted by Gasteiger charge is 2.26. The molecule has 1 fully saturated rings. The Morgan fingerprint density at radius 3 is 2.74 bits per heavy atom. The molecule has 0 unspecified atom stereocenters. The summed E-state index contributed by atoms with van der Waals surface area (Å²) < 4.78 is 0.962. The van der Waals surface area contributed by atoms with Crippen LogP contribution in [0.3, 0.4) is 0 Å². The van der Waals surface area contributed by atoms with E-state index in [1.165, 1.54) is 0 Å². The second-order valence-electron chi connectivity index (χ2n) is 4.37. The molecule has 1 amide bonds. The molecule has 1 aliphatic rings. The van der Waals surface area contributed by atoms with Crippen molar-refractivity contribution in [2.24, 2.45) is 5.92 Å². The van der Waals surface area contributed by atoms with Crippen LogP contribution in [0, 0.1) is 16.0 Å². The summed E-state index contributed by atoms with van der Waals surface area (Å²) in [6.45, 7) is 0.342. The molecule has 0 saturated heterocycles. The van der Waals surface area contributed by atoms with Crippen LogP contribution in [0.1, 0.15) is 23.3 Å². The summed E-state index contributed by atoms with van der Waals surface area (Å²) in [4.78, 5) is 32.1. The smallest absolute Gasteiger partial charge is 0.363 e. The van der Waals surface area contributed by atoms with Gasteiger partial charge in [-0.2, -0.15) is 5.10 Å². The predicted molar refractivity (Wildman–Crippen MR) is 61.6 cm³/mol. The Kier molecular flexibility index (Phi) is 3.45. The molecule has 0 bridgehead atoms. The number of nitrogens with one attached hydrogen (secondary N) is 1. The standard InChI is InChI=1S/C10H12N4O5/c15-8(11-3-6-1-2-6)5-13-4-7(14(18)19)9(12-13)10(16)17/h4,6H,1-3,5H2,(H,11,15)(H,16,17). The highest BCUT2D eigenvalue weighted by molar-refractivity contribution is 5.90. The van der Waals surface area contributed by atoms with Gasteiger partial charge in [-0.15, -0.1) is 0 Å². The number of aromatic nitrogens is 2. The van der Waals surface area contributed by atoms with E-state index >= 15 is 0 Å². The van der Waals surface area contributed by atoms with E-state index in [2.05, 4.69) is 10.4 Å². The SMILES string of the molecule is O=C(Cn1cc([N+](=O)[O-])c(C(=O)O)n1)NCC1CC1. The minimum atomic E-state index is -1.50. The Balaban J connectivity index is 2.02. The average Bonchev–Trinajstić information content (AvgIpc) is 3.05. The van der Waals surface area contributed by atoms with Crippen LogP contribution in [0.5, 0.6) is 0 Å². The number of carboxylic acid groups (broad SMARTS) is 1. The third-order valence-corrected chi connectivity index (χ3v) is 2.73. The van der Waals surface area contributed by atoms with Crippen molar-refractivity contribution in [3.8, 4) is 0 Å². The van der Waals surface area contributed by atoms with E-state index in [4.69, 9.17) is 5.11 Å². The molecule has 2 N–H and O–H groups in total. The Labute approximate surface area is 107 Å². The molecule has 1 heterocycles. The van der Waals surface area contributed by atoms with Gasteiger partial charge in [0.2, 0.25) is 11.6 Å². The van der Waals surface area contributed by atoms with Crippen molar-refractivity contribution in [1.29, 1.82) is 0 Å². The average molecular weight is 268 g/mol. The first kappa shape index (κ1) is 13.0. The fourth-order valence-corrected chi connectivity index (χ4v) is 1.56. The number of nitro groups is 1. The summed E-state index contributed by atoms with van der Waals surface area (Å²) >= 11 is 0. The highest BCUT2D eigenvalue weighted by atomic mass is 16.6. The minimum absolute atomic E-state index is 0.235. The summed E-state index contributed by atoms with van der Waals surface area (Å²) in [5.74, 6) is -1.32. The van der Waals surface area contributed by atoms with E-state index in [1.807, 2.05) is 0 Å². The normalized spacial score (nSPS) is 14.1. The van der Waals surface area contributed by atoms with Gasteiger partial charge in [0, 0.05) is 6.54 Å². The van der Waals surface area contributed by atoms with Gasteiger partial charge in [-0.1, -0.05) is 0 Å². The molecule has 1 aromatic rings. The van der Waals surface area contributed by atoms with E-state index in [9.17, 15) is 19.7 Å². The number of hydrogen-bond acceptors (Lipinski definition) is 5. The lowest BCUT2D eigenvalue weighted by molar-refractivity contribution is -0.385. The summed E-state index contributed by atoms with van der Waals surface area (Å²) in [6, 6.07) is 0. The summed E-state index contributed by atoms with van der Waals surface area (Å²) in [5.41, 5.74) is -1.29. The van der Waals surface area contributed by atoms with E-state index in [1.54, 1.807) is 0 Å². The lowest BCUT2D eigenvalue weighted by Gasteiger charge is -2.03. The molecule has 1 aliphatic carbocycles. The quantitative estimate of drug-likeness (QED) is 0.552. The number of carbonyl (C=O) groups is 2. The van der Waals surface area contributed by atoms with Crippen LogP contribution in [0.2, 0.25) is 0 Å². The third kappa shape index (κ3) is 3.27. The van der Waals surface area contributed by atoms with Crippen LogP contribution in [-0.4, -0.2) is 38.2 Å². The van der Waals surface area contributed by atoms with Crippen molar-refractivity contribution in [3.63, 3.8) is 0 Å². The maximum atomic E-state index is 11.5. The van der Waals surface area contributed by atoms with E-state index in [-0.39, 0.29) is 12.5 Å². The number of nitrogens with zero attached hydrogens (tertiary/aromatic N) is 3.